The van der Waals surface area contributed by atoms with Crippen LogP contribution in [0, 0.1) is 11.8 Å². The van der Waals surface area contributed by atoms with Gasteiger partial charge in [0.15, 0.2) is 0 Å². The van der Waals surface area contributed by atoms with Crippen molar-refractivity contribution < 1.29 is 0 Å². The quantitative estimate of drug-likeness (QED) is 0.747. The van der Waals surface area contributed by atoms with Crippen molar-refractivity contribution in [2.24, 2.45) is 11.8 Å². The minimum absolute atomic E-state index is 0.791. The van der Waals surface area contributed by atoms with Crippen molar-refractivity contribution in [2.45, 2.75) is 45.1 Å². The summed E-state index contributed by atoms with van der Waals surface area (Å²) in [7, 11) is 2.31. The van der Waals surface area contributed by atoms with Gasteiger partial charge in [-0.1, -0.05) is 12.8 Å². The molecule has 1 N–H and O–H groups in total. The summed E-state index contributed by atoms with van der Waals surface area (Å²) in [6.07, 6.45) is 7.20. The summed E-state index contributed by atoms with van der Waals surface area (Å²) in [5.74, 6) is 1.96. The Morgan fingerprint density at radius 1 is 1.27 bits per heavy atom. The summed E-state index contributed by atoms with van der Waals surface area (Å²) < 4.78 is 0. The van der Waals surface area contributed by atoms with Crippen molar-refractivity contribution in [2.75, 3.05) is 26.7 Å². The molecule has 2 aliphatic rings. The lowest BCUT2D eigenvalue weighted by Crippen LogP contribution is -2.40. The number of piperidine rings is 1. The Bertz CT molecular complexity index is 183. The van der Waals surface area contributed by atoms with Crippen LogP contribution in [0.5, 0.6) is 0 Å². The Balaban J connectivity index is 1.66. The molecular formula is C13H26N2. The Morgan fingerprint density at radius 3 is 2.67 bits per heavy atom. The van der Waals surface area contributed by atoms with Gasteiger partial charge in [0.25, 0.3) is 0 Å². The van der Waals surface area contributed by atoms with Crippen LogP contribution in [-0.2, 0) is 0 Å². The monoisotopic (exact) mass is 210 g/mol. The second-order valence-electron chi connectivity index (χ2n) is 5.68. The van der Waals surface area contributed by atoms with E-state index < -0.39 is 0 Å². The van der Waals surface area contributed by atoms with Crippen LogP contribution in [0.4, 0.5) is 0 Å². The van der Waals surface area contributed by atoms with Crippen molar-refractivity contribution in [3.8, 4) is 0 Å². The molecule has 0 radical (unpaired) electrons. The number of rotatable bonds is 5. The largest absolute Gasteiger partial charge is 0.316 e. The molecule has 1 saturated heterocycles. The van der Waals surface area contributed by atoms with Gasteiger partial charge in [-0.05, 0) is 58.2 Å². The molecule has 0 amide bonds. The Kier molecular flexibility index (Phi) is 4.04. The molecule has 1 saturated carbocycles. The van der Waals surface area contributed by atoms with Gasteiger partial charge in [0.1, 0.15) is 0 Å². The van der Waals surface area contributed by atoms with E-state index in [2.05, 4.69) is 24.2 Å². The summed E-state index contributed by atoms with van der Waals surface area (Å²) in [6.45, 7) is 6.16. The normalized spacial score (nSPS) is 29.4. The van der Waals surface area contributed by atoms with Gasteiger partial charge >= 0.3 is 0 Å². The molecule has 1 aliphatic carbocycles. The number of nitrogens with one attached hydrogen (secondary N) is 1. The van der Waals surface area contributed by atoms with E-state index in [4.69, 9.17) is 0 Å². The van der Waals surface area contributed by atoms with Crippen LogP contribution >= 0.6 is 0 Å². The fourth-order valence-electron chi connectivity index (χ4n) is 2.68. The smallest absolute Gasteiger partial charge is 0.00666 e. The van der Waals surface area contributed by atoms with E-state index in [0.29, 0.717) is 0 Å². The van der Waals surface area contributed by atoms with E-state index in [0.717, 1.165) is 17.9 Å². The average molecular weight is 210 g/mol. The third-order valence-corrected chi connectivity index (χ3v) is 4.07. The van der Waals surface area contributed by atoms with Gasteiger partial charge in [-0.3, -0.25) is 0 Å². The first-order chi connectivity index (χ1) is 7.25. The van der Waals surface area contributed by atoms with Crippen molar-refractivity contribution in [3.05, 3.63) is 0 Å². The fourth-order valence-corrected chi connectivity index (χ4v) is 2.68. The van der Waals surface area contributed by atoms with Gasteiger partial charge in [0.2, 0.25) is 0 Å². The third kappa shape index (κ3) is 3.76. The zero-order chi connectivity index (χ0) is 10.7. The Morgan fingerprint density at radius 2 is 2.07 bits per heavy atom. The van der Waals surface area contributed by atoms with Crippen molar-refractivity contribution >= 4 is 0 Å². The highest BCUT2D eigenvalue weighted by molar-refractivity contribution is 4.80. The summed E-state index contributed by atoms with van der Waals surface area (Å²) in [5, 5.41) is 3.51. The van der Waals surface area contributed by atoms with E-state index in [-0.39, 0.29) is 0 Å². The number of hydrogen-bond donors (Lipinski definition) is 1. The molecule has 2 atom stereocenters. The molecular weight excluding hydrogens is 184 g/mol. The average Bonchev–Trinajstić information content (AvgIpc) is 3.03. The standard InChI is InChI=1S/C13H26N2/c1-11(8-12-5-6-12)15(2)10-13-4-3-7-14-9-13/h11-14H,3-10H2,1-2H3. The molecule has 0 aromatic heterocycles. The number of hydrogen-bond acceptors (Lipinski definition) is 2. The first kappa shape index (κ1) is 11.4. The summed E-state index contributed by atoms with van der Waals surface area (Å²) in [5.41, 5.74) is 0. The molecule has 2 fully saturated rings. The molecule has 15 heavy (non-hydrogen) atoms. The third-order valence-electron chi connectivity index (χ3n) is 4.07. The second kappa shape index (κ2) is 5.31. The van der Waals surface area contributed by atoms with Crippen LogP contribution in [-0.4, -0.2) is 37.6 Å². The summed E-state index contributed by atoms with van der Waals surface area (Å²) in [6, 6.07) is 0.791. The van der Waals surface area contributed by atoms with Gasteiger partial charge in [-0.2, -0.15) is 0 Å². The van der Waals surface area contributed by atoms with Crippen LogP contribution in [0.3, 0.4) is 0 Å². The lowest BCUT2D eigenvalue weighted by molar-refractivity contribution is 0.186. The van der Waals surface area contributed by atoms with Gasteiger partial charge in [0.05, 0.1) is 0 Å². The Hall–Kier alpha value is -0.0800. The van der Waals surface area contributed by atoms with Gasteiger partial charge in [-0.25, -0.2) is 0 Å². The molecule has 0 bridgehead atoms. The van der Waals surface area contributed by atoms with Gasteiger partial charge in [-0.15, -0.1) is 0 Å². The molecule has 1 heterocycles. The van der Waals surface area contributed by atoms with Crippen LogP contribution in [0.15, 0.2) is 0 Å². The van der Waals surface area contributed by atoms with Crippen molar-refractivity contribution in [1.82, 2.24) is 10.2 Å². The lowest BCUT2D eigenvalue weighted by Gasteiger charge is -2.31. The highest BCUT2D eigenvalue weighted by Gasteiger charge is 2.26. The van der Waals surface area contributed by atoms with Crippen molar-refractivity contribution in [1.29, 1.82) is 0 Å². The molecule has 0 aromatic rings. The predicted molar refractivity (Wildman–Crippen MR) is 65.0 cm³/mol. The van der Waals surface area contributed by atoms with Crippen LogP contribution in [0.1, 0.15) is 39.0 Å². The molecule has 2 rings (SSSR count). The van der Waals surface area contributed by atoms with Crippen molar-refractivity contribution in [3.63, 3.8) is 0 Å². The minimum Gasteiger partial charge on any atom is -0.316 e. The zero-order valence-electron chi connectivity index (χ0n) is 10.3. The van der Waals surface area contributed by atoms with Crippen LogP contribution in [0.2, 0.25) is 0 Å². The van der Waals surface area contributed by atoms with E-state index in [1.54, 1.807) is 0 Å². The first-order valence-corrected chi connectivity index (χ1v) is 6.66. The topological polar surface area (TPSA) is 15.3 Å². The van der Waals surface area contributed by atoms with E-state index in [1.807, 2.05) is 0 Å². The minimum atomic E-state index is 0.791. The predicted octanol–water partition coefficient (Wildman–Crippen LogP) is 2.11. The Labute approximate surface area is 94.4 Å². The molecule has 2 unspecified atom stereocenters. The van der Waals surface area contributed by atoms with Gasteiger partial charge in [0, 0.05) is 12.6 Å². The van der Waals surface area contributed by atoms with E-state index in [1.165, 1.54) is 51.7 Å². The van der Waals surface area contributed by atoms with Crippen LogP contribution < -0.4 is 5.32 Å². The summed E-state index contributed by atoms with van der Waals surface area (Å²) in [4.78, 5) is 2.58. The fraction of sp³-hybridized carbons (Fsp3) is 1.00. The molecule has 1 aliphatic heterocycles. The van der Waals surface area contributed by atoms with E-state index >= 15 is 0 Å². The van der Waals surface area contributed by atoms with Crippen LogP contribution in [0.25, 0.3) is 0 Å². The van der Waals surface area contributed by atoms with E-state index in [9.17, 15) is 0 Å². The maximum atomic E-state index is 3.51. The molecule has 88 valence electrons. The lowest BCUT2D eigenvalue weighted by atomic mass is 9.98. The summed E-state index contributed by atoms with van der Waals surface area (Å²) >= 11 is 0. The highest BCUT2D eigenvalue weighted by Crippen LogP contribution is 2.34. The molecule has 0 aromatic carbocycles. The van der Waals surface area contributed by atoms with Gasteiger partial charge < -0.3 is 10.2 Å². The highest BCUT2D eigenvalue weighted by atomic mass is 15.1. The maximum Gasteiger partial charge on any atom is 0.00666 e. The zero-order valence-corrected chi connectivity index (χ0v) is 10.3. The second-order valence-corrected chi connectivity index (χ2v) is 5.68. The molecule has 2 nitrogen and oxygen atoms in total. The number of nitrogens with zero attached hydrogens (tertiary/aromatic N) is 1. The molecule has 0 spiro atoms. The first-order valence-electron chi connectivity index (χ1n) is 6.66. The molecule has 2 heteroatoms. The maximum absolute atomic E-state index is 3.51. The SMILES string of the molecule is CC(CC1CC1)N(C)CC1CCCNC1.